The summed E-state index contributed by atoms with van der Waals surface area (Å²) in [7, 11) is 1.72. The minimum Gasteiger partial charge on any atom is -0.384 e. The van der Waals surface area contributed by atoms with E-state index in [1.165, 1.54) is 0 Å². The Morgan fingerprint density at radius 2 is 2.23 bits per heavy atom. The van der Waals surface area contributed by atoms with Crippen LogP contribution in [-0.2, 0) is 16.2 Å². The van der Waals surface area contributed by atoms with Gasteiger partial charge in [0.25, 0.3) is 5.91 Å². The summed E-state index contributed by atoms with van der Waals surface area (Å²) in [6.45, 7) is 0.385. The van der Waals surface area contributed by atoms with E-state index in [0.717, 1.165) is 4.88 Å². The molecule has 116 valence electrons. The van der Waals surface area contributed by atoms with Crippen LogP contribution in [0.4, 0.5) is 0 Å². The summed E-state index contributed by atoms with van der Waals surface area (Å²) in [5.74, 6) is 0.00672. The summed E-state index contributed by atoms with van der Waals surface area (Å²) in [6, 6.07) is 10.9. The quantitative estimate of drug-likeness (QED) is 0.500. The van der Waals surface area contributed by atoms with Gasteiger partial charge in [-0.15, -0.1) is 11.3 Å². The first-order chi connectivity index (χ1) is 10.6. The van der Waals surface area contributed by atoms with E-state index in [1.54, 1.807) is 47.5 Å². The summed E-state index contributed by atoms with van der Waals surface area (Å²) < 4.78 is 0. The van der Waals surface area contributed by atoms with Gasteiger partial charge in [0.15, 0.2) is 12.4 Å². The number of carbonyl (C=O) groups is 1. The minimum absolute atomic E-state index is 0.164. The van der Waals surface area contributed by atoms with Crippen LogP contribution in [-0.4, -0.2) is 30.3 Å². The second kappa shape index (κ2) is 7.82. The zero-order valence-electron chi connectivity index (χ0n) is 12.0. The van der Waals surface area contributed by atoms with Gasteiger partial charge in [-0.1, -0.05) is 35.0 Å². The number of carbonyl (C=O) groups excluding carboxylic acids is 1. The normalized spacial score (nSPS) is 11.3. The highest BCUT2D eigenvalue weighted by atomic mass is 35.5. The van der Waals surface area contributed by atoms with Gasteiger partial charge in [0.2, 0.25) is 0 Å². The molecule has 0 aliphatic rings. The molecule has 2 rings (SSSR count). The van der Waals surface area contributed by atoms with Crippen molar-refractivity contribution in [2.24, 2.45) is 10.9 Å². The predicted molar refractivity (Wildman–Crippen MR) is 88.9 cm³/mol. The highest BCUT2D eigenvalue weighted by Gasteiger charge is 2.10. The van der Waals surface area contributed by atoms with Crippen molar-refractivity contribution in [3.05, 3.63) is 57.2 Å². The van der Waals surface area contributed by atoms with E-state index in [1.807, 2.05) is 17.5 Å². The van der Waals surface area contributed by atoms with Gasteiger partial charge in [-0.3, -0.25) is 4.79 Å². The Labute approximate surface area is 137 Å². The van der Waals surface area contributed by atoms with Crippen LogP contribution in [0, 0.1) is 0 Å². The van der Waals surface area contributed by atoms with Gasteiger partial charge in [-0.2, -0.15) is 0 Å². The molecule has 0 bridgehead atoms. The molecule has 22 heavy (non-hydrogen) atoms. The summed E-state index contributed by atoms with van der Waals surface area (Å²) in [5, 5.41) is 6.28. The Morgan fingerprint density at radius 3 is 2.91 bits per heavy atom. The van der Waals surface area contributed by atoms with Gasteiger partial charge in [0.1, 0.15) is 0 Å². The maximum Gasteiger partial charge on any atom is 0.263 e. The molecule has 1 heterocycles. The first kappa shape index (κ1) is 16.3. The summed E-state index contributed by atoms with van der Waals surface area (Å²) in [6.07, 6.45) is 0. The van der Waals surface area contributed by atoms with Crippen LogP contribution in [0.2, 0.25) is 5.02 Å². The molecular weight excluding hydrogens is 322 g/mol. The molecule has 0 aliphatic carbocycles. The number of likely N-dealkylation sites (N-methyl/N-ethyl adjacent to an activating group) is 1. The number of hydrogen-bond acceptors (Lipinski definition) is 4. The molecular formula is C15H16ClN3O2S. The SMILES string of the molecule is CN(Cc1cccs1)C(=O)CO/N=C(\N)c1cccc(Cl)c1. The molecule has 0 aliphatic heterocycles. The van der Waals surface area contributed by atoms with E-state index in [9.17, 15) is 4.79 Å². The highest BCUT2D eigenvalue weighted by molar-refractivity contribution is 7.09. The van der Waals surface area contributed by atoms with Crippen molar-refractivity contribution in [1.82, 2.24) is 4.90 Å². The molecule has 0 spiro atoms. The van der Waals surface area contributed by atoms with Gasteiger partial charge in [-0.05, 0) is 23.6 Å². The average molecular weight is 338 g/mol. The van der Waals surface area contributed by atoms with Crippen molar-refractivity contribution in [3.8, 4) is 0 Å². The van der Waals surface area contributed by atoms with E-state index in [-0.39, 0.29) is 18.3 Å². The third kappa shape index (κ3) is 4.75. The molecule has 0 saturated heterocycles. The van der Waals surface area contributed by atoms with Crippen LogP contribution >= 0.6 is 22.9 Å². The lowest BCUT2D eigenvalue weighted by molar-refractivity contribution is -0.135. The summed E-state index contributed by atoms with van der Waals surface area (Å²) in [5.41, 5.74) is 6.42. The molecule has 1 amide bonds. The lowest BCUT2D eigenvalue weighted by Gasteiger charge is -2.15. The molecule has 0 atom stereocenters. The van der Waals surface area contributed by atoms with Crippen LogP contribution in [0.5, 0.6) is 0 Å². The van der Waals surface area contributed by atoms with Crippen LogP contribution in [0.15, 0.2) is 46.9 Å². The standard InChI is InChI=1S/C15H16ClN3O2S/c1-19(9-13-6-3-7-22-13)14(20)10-21-18-15(17)11-4-2-5-12(16)8-11/h2-8H,9-10H2,1H3,(H2,17,18). The van der Waals surface area contributed by atoms with Gasteiger partial charge in [0.05, 0.1) is 6.54 Å². The van der Waals surface area contributed by atoms with E-state index in [4.69, 9.17) is 22.2 Å². The second-order valence-corrected chi connectivity index (χ2v) is 6.06. The Bertz CT molecular complexity index is 659. The van der Waals surface area contributed by atoms with Crippen LogP contribution in [0.1, 0.15) is 10.4 Å². The molecule has 5 nitrogen and oxygen atoms in total. The minimum atomic E-state index is -0.170. The first-order valence-electron chi connectivity index (χ1n) is 6.54. The maximum absolute atomic E-state index is 11.9. The molecule has 0 saturated carbocycles. The number of benzene rings is 1. The maximum atomic E-state index is 11.9. The summed E-state index contributed by atoms with van der Waals surface area (Å²) >= 11 is 7.47. The fourth-order valence-electron chi connectivity index (χ4n) is 1.69. The third-order valence-electron chi connectivity index (χ3n) is 2.87. The van der Waals surface area contributed by atoms with Crippen molar-refractivity contribution in [1.29, 1.82) is 0 Å². The Kier molecular flexibility index (Phi) is 5.80. The third-order valence-corrected chi connectivity index (χ3v) is 3.97. The van der Waals surface area contributed by atoms with Crippen molar-refractivity contribution in [2.75, 3.05) is 13.7 Å². The fourth-order valence-corrected chi connectivity index (χ4v) is 2.64. The molecule has 0 fully saturated rings. The van der Waals surface area contributed by atoms with Crippen LogP contribution < -0.4 is 5.73 Å². The lowest BCUT2D eigenvalue weighted by Crippen LogP contribution is -2.29. The van der Waals surface area contributed by atoms with E-state index in [2.05, 4.69) is 5.16 Å². The van der Waals surface area contributed by atoms with Gasteiger partial charge in [-0.25, -0.2) is 0 Å². The largest absolute Gasteiger partial charge is 0.384 e. The predicted octanol–water partition coefficient (Wildman–Crippen LogP) is 2.70. The van der Waals surface area contributed by atoms with Gasteiger partial charge >= 0.3 is 0 Å². The molecule has 2 aromatic rings. The van der Waals surface area contributed by atoms with E-state index < -0.39 is 0 Å². The zero-order valence-corrected chi connectivity index (χ0v) is 13.6. The van der Waals surface area contributed by atoms with Crippen molar-refractivity contribution in [2.45, 2.75) is 6.54 Å². The topological polar surface area (TPSA) is 67.9 Å². The molecule has 0 unspecified atom stereocenters. The number of nitrogens with two attached hydrogens (primary N) is 1. The van der Waals surface area contributed by atoms with Crippen LogP contribution in [0.3, 0.4) is 0 Å². The smallest absolute Gasteiger partial charge is 0.263 e. The Balaban J connectivity index is 1.84. The number of hydrogen-bond donors (Lipinski definition) is 1. The summed E-state index contributed by atoms with van der Waals surface area (Å²) in [4.78, 5) is 19.6. The van der Waals surface area contributed by atoms with E-state index >= 15 is 0 Å². The Morgan fingerprint density at radius 1 is 1.41 bits per heavy atom. The second-order valence-electron chi connectivity index (χ2n) is 4.59. The average Bonchev–Trinajstić information content (AvgIpc) is 2.99. The number of thiophene rings is 1. The van der Waals surface area contributed by atoms with Crippen molar-refractivity contribution < 1.29 is 9.63 Å². The number of nitrogens with zero attached hydrogens (tertiary/aromatic N) is 2. The molecule has 1 aromatic carbocycles. The fraction of sp³-hybridized carbons (Fsp3) is 0.200. The van der Waals surface area contributed by atoms with Crippen molar-refractivity contribution in [3.63, 3.8) is 0 Å². The number of halogens is 1. The first-order valence-corrected chi connectivity index (χ1v) is 7.79. The molecule has 1 aromatic heterocycles. The van der Waals surface area contributed by atoms with Gasteiger partial charge < -0.3 is 15.5 Å². The number of rotatable bonds is 6. The van der Waals surface area contributed by atoms with Crippen molar-refractivity contribution >= 4 is 34.7 Å². The zero-order chi connectivity index (χ0) is 15.9. The molecule has 0 radical (unpaired) electrons. The number of amidine groups is 1. The molecule has 2 N–H and O–H groups in total. The monoisotopic (exact) mass is 337 g/mol. The number of amides is 1. The van der Waals surface area contributed by atoms with Crippen LogP contribution in [0.25, 0.3) is 0 Å². The van der Waals surface area contributed by atoms with E-state index in [0.29, 0.717) is 17.1 Å². The molecule has 7 heteroatoms. The van der Waals surface area contributed by atoms with Gasteiger partial charge in [0, 0.05) is 22.5 Å². The Hall–Kier alpha value is -2.05. The number of oxime groups is 1. The lowest BCUT2D eigenvalue weighted by atomic mass is 10.2. The highest BCUT2D eigenvalue weighted by Crippen LogP contribution is 2.11.